The zero-order valence-electron chi connectivity index (χ0n) is 14.7. The predicted octanol–water partition coefficient (Wildman–Crippen LogP) is 3.56. The van der Waals surface area contributed by atoms with Crippen molar-refractivity contribution < 1.29 is 13.7 Å². The molecule has 0 aromatic carbocycles. The zero-order chi connectivity index (χ0) is 17.0. The van der Waals surface area contributed by atoms with E-state index in [9.17, 15) is 9.00 Å². The summed E-state index contributed by atoms with van der Waals surface area (Å²) in [5.41, 5.74) is -0.447. The molecule has 1 amide bonds. The molecule has 1 aliphatic rings. The van der Waals surface area contributed by atoms with E-state index in [1.165, 1.54) is 0 Å². The maximum atomic E-state index is 12.0. The van der Waals surface area contributed by atoms with Crippen molar-refractivity contribution in [3.8, 4) is 0 Å². The lowest BCUT2D eigenvalue weighted by atomic mass is 9.94. The molecule has 0 aliphatic carbocycles. The van der Waals surface area contributed by atoms with Crippen LogP contribution in [0.25, 0.3) is 0 Å². The van der Waals surface area contributed by atoms with E-state index in [1.54, 1.807) is 11.1 Å². The van der Waals surface area contributed by atoms with Gasteiger partial charge in [-0.3, -0.25) is 0 Å². The Bertz CT molecular complexity index is 428. The molecule has 0 spiro atoms. The van der Waals surface area contributed by atoms with Crippen LogP contribution in [0.2, 0.25) is 0 Å². The normalized spacial score (nSPS) is 19.5. The summed E-state index contributed by atoms with van der Waals surface area (Å²) < 4.78 is 21.0. The molecular formula is C16H30N2O3S. The van der Waals surface area contributed by atoms with Crippen LogP contribution in [-0.4, -0.2) is 44.9 Å². The first-order valence-electron chi connectivity index (χ1n) is 7.91. The summed E-state index contributed by atoms with van der Waals surface area (Å²) >= 11 is 0. The topological polar surface area (TPSA) is 59.0 Å². The molecule has 0 saturated carbocycles. The van der Waals surface area contributed by atoms with Gasteiger partial charge in [-0.1, -0.05) is 0 Å². The van der Waals surface area contributed by atoms with Gasteiger partial charge in [0.05, 0.1) is 4.75 Å². The summed E-state index contributed by atoms with van der Waals surface area (Å²) in [6.45, 7) is 12.8. The van der Waals surface area contributed by atoms with Crippen LogP contribution < -0.4 is 0 Å². The number of rotatable bonds is 3. The van der Waals surface area contributed by atoms with E-state index in [0.29, 0.717) is 5.92 Å². The van der Waals surface area contributed by atoms with Gasteiger partial charge >= 0.3 is 6.09 Å². The summed E-state index contributed by atoms with van der Waals surface area (Å²) in [6, 6.07) is 0. The number of nitrogens with zero attached hydrogens (tertiary/aromatic N) is 2. The van der Waals surface area contributed by atoms with Crippen LogP contribution in [0.1, 0.15) is 60.8 Å². The molecule has 22 heavy (non-hydrogen) atoms. The second-order valence-electron chi connectivity index (χ2n) is 7.80. The third kappa shape index (κ3) is 6.90. The molecule has 1 heterocycles. The van der Waals surface area contributed by atoms with Crippen molar-refractivity contribution in [1.82, 2.24) is 4.90 Å². The van der Waals surface area contributed by atoms with E-state index in [2.05, 4.69) is 4.40 Å². The van der Waals surface area contributed by atoms with Gasteiger partial charge in [0.25, 0.3) is 0 Å². The van der Waals surface area contributed by atoms with Gasteiger partial charge in [-0.15, -0.1) is 0 Å². The molecule has 1 atom stereocenters. The van der Waals surface area contributed by atoms with Gasteiger partial charge < -0.3 is 9.64 Å². The van der Waals surface area contributed by atoms with E-state index in [-0.39, 0.29) is 10.8 Å². The van der Waals surface area contributed by atoms with Crippen molar-refractivity contribution >= 4 is 23.3 Å². The highest BCUT2D eigenvalue weighted by atomic mass is 32.2. The summed E-state index contributed by atoms with van der Waals surface area (Å²) in [5.74, 6) is 0.499. The molecular weight excluding hydrogens is 300 g/mol. The van der Waals surface area contributed by atoms with Gasteiger partial charge in [0, 0.05) is 19.3 Å². The number of piperidine rings is 1. The van der Waals surface area contributed by atoms with Crippen molar-refractivity contribution in [2.45, 2.75) is 71.2 Å². The van der Waals surface area contributed by atoms with Crippen LogP contribution in [0.5, 0.6) is 0 Å². The van der Waals surface area contributed by atoms with E-state index >= 15 is 0 Å². The molecule has 1 rings (SSSR count). The molecule has 128 valence electrons. The Balaban J connectivity index is 2.36. The first-order chi connectivity index (χ1) is 9.99. The quantitative estimate of drug-likeness (QED) is 0.743. The molecule has 1 saturated heterocycles. The standard InChI is InChI=1S/C16H30N2O3S/c1-15(2,3)21-14(19)18-11-8-13(9-12-18)7-10-17-22(20)16(4,5)6/h10,13H,7-9,11-12H2,1-6H3/t22-/m1/s1. The Labute approximate surface area is 137 Å². The number of hydrogen-bond acceptors (Lipinski definition) is 3. The second kappa shape index (κ2) is 7.57. The van der Waals surface area contributed by atoms with E-state index in [0.717, 1.165) is 32.4 Å². The van der Waals surface area contributed by atoms with Gasteiger partial charge in [0.1, 0.15) is 16.6 Å². The second-order valence-corrected chi connectivity index (χ2v) is 9.73. The van der Waals surface area contributed by atoms with E-state index < -0.39 is 16.6 Å². The van der Waals surface area contributed by atoms with Crippen molar-refractivity contribution in [3.05, 3.63) is 0 Å². The summed E-state index contributed by atoms with van der Waals surface area (Å²) in [4.78, 5) is 13.7. The number of likely N-dealkylation sites (tertiary alicyclic amines) is 1. The Kier molecular flexibility index (Phi) is 6.59. The Morgan fingerprint density at radius 3 is 2.23 bits per heavy atom. The van der Waals surface area contributed by atoms with Crippen LogP contribution in [0.3, 0.4) is 0 Å². The molecule has 5 nitrogen and oxygen atoms in total. The van der Waals surface area contributed by atoms with Crippen molar-refractivity contribution in [1.29, 1.82) is 0 Å². The largest absolute Gasteiger partial charge is 0.444 e. The number of amides is 1. The molecule has 1 aliphatic heterocycles. The van der Waals surface area contributed by atoms with E-state index in [4.69, 9.17) is 4.74 Å². The average Bonchev–Trinajstić information content (AvgIpc) is 2.36. The first kappa shape index (κ1) is 19.1. The highest BCUT2D eigenvalue weighted by Gasteiger charge is 2.26. The molecule has 0 unspecified atom stereocenters. The lowest BCUT2D eigenvalue weighted by Gasteiger charge is -2.33. The first-order valence-corrected chi connectivity index (χ1v) is 9.02. The summed E-state index contributed by atoms with van der Waals surface area (Å²) in [6.07, 6.45) is 4.26. The van der Waals surface area contributed by atoms with Gasteiger partial charge in [0.2, 0.25) is 0 Å². The third-order valence-corrected chi connectivity index (χ3v) is 4.79. The Morgan fingerprint density at radius 2 is 1.77 bits per heavy atom. The summed E-state index contributed by atoms with van der Waals surface area (Å²) in [7, 11) is -1.18. The van der Waals surface area contributed by atoms with Crippen molar-refractivity contribution in [2.24, 2.45) is 10.3 Å². The molecule has 0 radical (unpaired) electrons. The molecule has 0 aromatic heterocycles. The Hall–Kier alpha value is -0.910. The van der Waals surface area contributed by atoms with Crippen LogP contribution in [0.15, 0.2) is 4.40 Å². The van der Waals surface area contributed by atoms with Gasteiger partial charge in [-0.2, -0.15) is 4.40 Å². The van der Waals surface area contributed by atoms with Crippen LogP contribution in [0, 0.1) is 5.92 Å². The molecule has 0 N–H and O–H groups in total. The maximum absolute atomic E-state index is 12.0. The minimum absolute atomic E-state index is 0.228. The minimum Gasteiger partial charge on any atom is -0.444 e. The van der Waals surface area contributed by atoms with Crippen LogP contribution in [-0.2, 0) is 15.7 Å². The number of ether oxygens (including phenoxy) is 1. The zero-order valence-corrected chi connectivity index (χ0v) is 15.5. The molecule has 1 fully saturated rings. The SMILES string of the molecule is CC(C)(C)OC(=O)N1CCC(CC=N[S@](=O)C(C)(C)C)CC1. The molecule has 6 heteroatoms. The van der Waals surface area contributed by atoms with Crippen LogP contribution in [0.4, 0.5) is 4.79 Å². The number of carbonyl (C=O) groups excluding carboxylic acids is 1. The number of hydrogen-bond donors (Lipinski definition) is 0. The predicted molar refractivity (Wildman–Crippen MR) is 91.5 cm³/mol. The van der Waals surface area contributed by atoms with Gasteiger partial charge in [0.15, 0.2) is 0 Å². The minimum atomic E-state index is -1.18. The fraction of sp³-hybridized carbons (Fsp3) is 0.875. The van der Waals surface area contributed by atoms with Crippen molar-refractivity contribution in [2.75, 3.05) is 13.1 Å². The van der Waals surface area contributed by atoms with Crippen molar-refractivity contribution in [3.63, 3.8) is 0 Å². The maximum Gasteiger partial charge on any atom is 0.410 e. The smallest absolute Gasteiger partial charge is 0.410 e. The van der Waals surface area contributed by atoms with E-state index in [1.807, 2.05) is 41.5 Å². The third-order valence-electron chi connectivity index (χ3n) is 3.40. The number of carbonyl (C=O) groups is 1. The Morgan fingerprint density at radius 1 is 1.23 bits per heavy atom. The molecule has 0 aromatic rings. The highest BCUT2D eigenvalue weighted by Crippen LogP contribution is 2.22. The highest BCUT2D eigenvalue weighted by molar-refractivity contribution is 7.85. The lowest BCUT2D eigenvalue weighted by Crippen LogP contribution is -2.41. The van der Waals surface area contributed by atoms with Gasteiger partial charge in [-0.05, 0) is 66.7 Å². The monoisotopic (exact) mass is 330 g/mol. The van der Waals surface area contributed by atoms with Crippen LogP contribution >= 0.6 is 0 Å². The fourth-order valence-corrected chi connectivity index (χ4v) is 2.63. The lowest BCUT2D eigenvalue weighted by molar-refractivity contribution is 0.0187. The fourth-order valence-electron chi connectivity index (χ4n) is 2.10. The summed E-state index contributed by atoms with van der Waals surface area (Å²) in [5, 5.41) is 0. The molecule has 0 bridgehead atoms. The average molecular weight is 330 g/mol. The van der Waals surface area contributed by atoms with Gasteiger partial charge in [-0.25, -0.2) is 9.00 Å².